The van der Waals surface area contributed by atoms with E-state index in [0.717, 1.165) is 21.3 Å². The number of ether oxygens (including phenoxy) is 2. The van der Waals surface area contributed by atoms with Crippen LogP contribution < -0.4 is 19.8 Å². The van der Waals surface area contributed by atoms with Crippen LogP contribution in [-0.4, -0.2) is 26.6 Å². The highest BCUT2D eigenvalue weighted by atomic mass is 32.2. The van der Waals surface area contributed by atoms with E-state index < -0.39 is 16.1 Å². The quantitative estimate of drug-likeness (QED) is 0.434. The van der Waals surface area contributed by atoms with E-state index >= 15 is 0 Å². The second kappa shape index (κ2) is 8.66. The van der Waals surface area contributed by atoms with Crippen molar-refractivity contribution in [3.05, 3.63) is 86.3 Å². The first-order chi connectivity index (χ1) is 15.9. The second-order valence-corrected chi connectivity index (χ2v) is 10.6. The van der Waals surface area contributed by atoms with Gasteiger partial charge in [-0.1, -0.05) is 24.3 Å². The number of aromatic amines is 1. The molecule has 5 rings (SSSR count). The Labute approximate surface area is 195 Å². The molecule has 3 heterocycles. The van der Waals surface area contributed by atoms with Crippen molar-refractivity contribution in [2.45, 2.75) is 24.3 Å². The molecule has 1 aliphatic heterocycles. The molecule has 0 radical (unpaired) electrons. The van der Waals surface area contributed by atoms with Gasteiger partial charge in [-0.3, -0.25) is 4.79 Å². The zero-order valence-electron chi connectivity index (χ0n) is 17.8. The fourth-order valence-electron chi connectivity index (χ4n) is 3.94. The van der Waals surface area contributed by atoms with E-state index in [-0.39, 0.29) is 16.9 Å². The summed E-state index contributed by atoms with van der Waals surface area (Å²) in [5, 5.41) is 2.79. The summed E-state index contributed by atoms with van der Waals surface area (Å²) in [7, 11) is -3.89. The zero-order chi connectivity index (χ0) is 23.0. The summed E-state index contributed by atoms with van der Waals surface area (Å²) in [4.78, 5) is 16.7. The number of hydrogen-bond acceptors (Lipinski definition) is 6. The standard InChI is InChI=1S/C24H22N2O5S2/c1-15-4-2-5-16-12-17(24(27)25-23(15)16)13-19(22-6-3-11-32-22)26-33(28,29)18-7-8-20-21(14-18)31-10-9-30-20/h2-8,11-12,14,19,26H,9-10,13H2,1H3,(H,25,27). The van der Waals surface area contributed by atoms with Crippen molar-refractivity contribution in [1.29, 1.82) is 0 Å². The van der Waals surface area contributed by atoms with Gasteiger partial charge in [-0.25, -0.2) is 13.1 Å². The average Bonchev–Trinajstić information content (AvgIpc) is 3.34. The van der Waals surface area contributed by atoms with E-state index in [1.54, 1.807) is 6.07 Å². The van der Waals surface area contributed by atoms with Crippen LogP contribution in [0.4, 0.5) is 0 Å². The van der Waals surface area contributed by atoms with Crippen LogP contribution in [0.15, 0.2) is 69.7 Å². The Hall–Kier alpha value is -3.14. The van der Waals surface area contributed by atoms with Crippen molar-refractivity contribution in [2.75, 3.05) is 13.2 Å². The number of rotatable bonds is 6. The summed E-state index contributed by atoms with van der Waals surface area (Å²) in [5.74, 6) is 0.922. The summed E-state index contributed by atoms with van der Waals surface area (Å²) in [6.45, 7) is 2.73. The number of pyridine rings is 1. The molecular formula is C24H22N2O5S2. The van der Waals surface area contributed by atoms with Gasteiger partial charge in [0.2, 0.25) is 10.0 Å². The predicted molar refractivity (Wildman–Crippen MR) is 128 cm³/mol. The normalized spacial score (nSPS) is 14.3. The summed E-state index contributed by atoms with van der Waals surface area (Å²) >= 11 is 1.44. The molecule has 0 spiro atoms. The van der Waals surface area contributed by atoms with E-state index in [1.807, 2.05) is 48.7 Å². The molecule has 170 valence electrons. The van der Waals surface area contributed by atoms with E-state index in [2.05, 4.69) is 9.71 Å². The van der Waals surface area contributed by atoms with Gasteiger partial charge >= 0.3 is 0 Å². The number of aromatic nitrogens is 1. The van der Waals surface area contributed by atoms with Crippen molar-refractivity contribution in [1.82, 2.24) is 9.71 Å². The molecule has 9 heteroatoms. The van der Waals surface area contributed by atoms with Gasteiger partial charge in [0, 0.05) is 16.5 Å². The summed E-state index contributed by atoms with van der Waals surface area (Å²) in [5.41, 5.74) is 2.05. The topological polar surface area (TPSA) is 97.5 Å². The van der Waals surface area contributed by atoms with E-state index in [1.165, 1.54) is 23.5 Å². The monoisotopic (exact) mass is 482 g/mol. The molecule has 1 atom stereocenters. The lowest BCUT2D eigenvalue weighted by molar-refractivity contribution is 0.171. The fourth-order valence-corrected chi connectivity index (χ4v) is 6.02. The molecular weight excluding hydrogens is 460 g/mol. The van der Waals surface area contributed by atoms with Crippen molar-refractivity contribution in [2.24, 2.45) is 0 Å². The van der Waals surface area contributed by atoms with Crippen LogP contribution in [0.1, 0.15) is 22.0 Å². The van der Waals surface area contributed by atoms with Crippen molar-refractivity contribution >= 4 is 32.3 Å². The highest BCUT2D eigenvalue weighted by Crippen LogP contribution is 2.33. The first-order valence-electron chi connectivity index (χ1n) is 10.5. The Morgan fingerprint density at radius 1 is 1.06 bits per heavy atom. The maximum Gasteiger partial charge on any atom is 0.251 e. The first-order valence-corrected chi connectivity index (χ1v) is 12.8. The molecule has 1 unspecified atom stereocenters. The lowest BCUT2D eigenvalue weighted by atomic mass is 10.0. The van der Waals surface area contributed by atoms with Crippen LogP contribution in [0, 0.1) is 6.92 Å². The molecule has 2 N–H and O–H groups in total. The largest absolute Gasteiger partial charge is 0.486 e. The van der Waals surface area contributed by atoms with Gasteiger partial charge in [0.05, 0.1) is 16.5 Å². The Kier molecular flexibility index (Phi) is 5.69. The van der Waals surface area contributed by atoms with Gasteiger partial charge < -0.3 is 14.5 Å². The SMILES string of the molecule is Cc1cccc2cc(CC(NS(=O)(=O)c3ccc4c(c3)OCCO4)c3cccs3)c(=O)[nH]c12. The molecule has 0 aliphatic carbocycles. The van der Waals surface area contributed by atoms with Crippen LogP contribution in [0.25, 0.3) is 10.9 Å². The minimum atomic E-state index is -3.89. The van der Waals surface area contributed by atoms with Crippen LogP contribution in [0.3, 0.4) is 0 Å². The van der Waals surface area contributed by atoms with E-state index in [4.69, 9.17) is 9.47 Å². The highest BCUT2D eigenvalue weighted by molar-refractivity contribution is 7.89. The van der Waals surface area contributed by atoms with Crippen molar-refractivity contribution in [3.8, 4) is 11.5 Å². The molecule has 0 saturated heterocycles. The van der Waals surface area contributed by atoms with Crippen LogP contribution >= 0.6 is 11.3 Å². The minimum absolute atomic E-state index is 0.0800. The summed E-state index contributed by atoms with van der Waals surface area (Å²) in [6.07, 6.45) is 0.212. The number of aryl methyl sites for hydroxylation is 1. The molecule has 2 aromatic heterocycles. The number of hydrogen-bond donors (Lipinski definition) is 2. The molecule has 1 aliphatic rings. The summed E-state index contributed by atoms with van der Waals surface area (Å²) in [6, 6.07) is 15.3. The van der Waals surface area contributed by atoms with Crippen molar-refractivity contribution < 1.29 is 17.9 Å². The number of sulfonamides is 1. The number of thiophene rings is 1. The number of H-pyrrole nitrogens is 1. The van der Waals surface area contributed by atoms with Crippen molar-refractivity contribution in [3.63, 3.8) is 0 Å². The number of nitrogens with one attached hydrogen (secondary N) is 2. The third-order valence-corrected chi connectivity index (χ3v) is 8.05. The summed E-state index contributed by atoms with van der Waals surface area (Å²) < 4.78 is 40.3. The molecule has 33 heavy (non-hydrogen) atoms. The van der Waals surface area contributed by atoms with E-state index in [9.17, 15) is 13.2 Å². The Bertz CT molecular complexity index is 1480. The molecule has 2 aromatic carbocycles. The minimum Gasteiger partial charge on any atom is -0.486 e. The molecule has 0 bridgehead atoms. The third kappa shape index (κ3) is 4.39. The van der Waals surface area contributed by atoms with Crippen LogP contribution in [0.2, 0.25) is 0 Å². The highest BCUT2D eigenvalue weighted by Gasteiger charge is 2.25. The van der Waals surface area contributed by atoms with Gasteiger partial charge in [-0.15, -0.1) is 11.3 Å². The fraction of sp³-hybridized carbons (Fsp3) is 0.208. The maximum absolute atomic E-state index is 13.3. The Morgan fingerprint density at radius 2 is 1.88 bits per heavy atom. The molecule has 0 saturated carbocycles. The smallest absolute Gasteiger partial charge is 0.251 e. The lowest BCUT2D eigenvalue weighted by Crippen LogP contribution is -2.31. The Balaban J connectivity index is 1.49. The van der Waals surface area contributed by atoms with Gasteiger partial charge in [0.25, 0.3) is 5.56 Å². The number of fused-ring (bicyclic) bond motifs is 2. The molecule has 0 fully saturated rings. The maximum atomic E-state index is 13.3. The first kappa shape index (κ1) is 21.7. The van der Waals surface area contributed by atoms with Gasteiger partial charge in [-0.05, 0) is 53.9 Å². The van der Waals surface area contributed by atoms with Gasteiger partial charge in [0.15, 0.2) is 11.5 Å². The molecule has 0 amide bonds. The molecule has 4 aromatic rings. The zero-order valence-corrected chi connectivity index (χ0v) is 19.5. The van der Waals surface area contributed by atoms with Gasteiger partial charge in [0.1, 0.15) is 13.2 Å². The number of benzene rings is 2. The second-order valence-electron chi connectivity index (χ2n) is 7.86. The third-order valence-electron chi connectivity index (χ3n) is 5.60. The predicted octanol–water partition coefficient (Wildman–Crippen LogP) is 3.93. The van der Waals surface area contributed by atoms with E-state index in [0.29, 0.717) is 30.3 Å². The lowest BCUT2D eigenvalue weighted by Gasteiger charge is -2.21. The van der Waals surface area contributed by atoms with Gasteiger partial charge in [-0.2, -0.15) is 0 Å². The van der Waals surface area contributed by atoms with Crippen LogP contribution in [-0.2, 0) is 16.4 Å². The number of para-hydroxylation sites is 1. The average molecular weight is 483 g/mol. The molecule has 7 nitrogen and oxygen atoms in total. The Morgan fingerprint density at radius 3 is 2.67 bits per heavy atom. The van der Waals surface area contributed by atoms with Crippen LogP contribution in [0.5, 0.6) is 11.5 Å².